The quantitative estimate of drug-likeness (QED) is 0.616. The highest BCUT2D eigenvalue weighted by Gasteiger charge is 2.26. The molecule has 1 heterocycles. The SMILES string of the molecule is O=C(c1ccc(F)c(F)c1F)N1CCN(CCBr)CC1. The lowest BCUT2D eigenvalue weighted by atomic mass is 10.1. The third-order valence-electron chi connectivity index (χ3n) is 3.33. The fourth-order valence-corrected chi connectivity index (χ4v) is 2.66. The van der Waals surface area contributed by atoms with Crippen LogP contribution in [0.2, 0.25) is 0 Å². The van der Waals surface area contributed by atoms with Crippen LogP contribution in [-0.4, -0.2) is 53.8 Å². The highest BCUT2D eigenvalue weighted by atomic mass is 79.9. The molecule has 0 saturated carbocycles. The summed E-state index contributed by atoms with van der Waals surface area (Å²) in [5.41, 5.74) is -0.419. The Bertz CT molecular complexity index is 505. The van der Waals surface area contributed by atoms with Crippen LogP contribution in [-0.2, 0) is 0 Å². The number of benzene rings is 1. The van der Waals surface area contributed by atoms with Crippen LogP contribution in [0.5, 0.6) is 0 Å². The second-order valence-corrected chi connectivity index (χ2v) is 5.34. The minimum atomic E-state index is -1.60. The number of alkyl halides is 1. The van der Waals surface area contributed by atoms with E-state index in [1.807, 2.05) is 0 Å². The zero-order valence-electron chi connectivity index (χ0n) is 10.7. The Balaban J connectivity index is 2.08. The number of piperazine rings is 1. The van der Waals surface area contributed by atoms with Gasteiger partial charge in [-0.3, -0.25) is 9.69 Å². The molecule has 0 aromatic heterocycles. The van der Waals surface area contributed by atoms with Crippen molar-refractivity contribution >= 4 is 21.8 Å². The topological polar surface area (TPSA) is 23.6 Å². The Morgan fingerprint density at radius 1 is 1.10 bits per heavy atom. The smallest absolute Gasteiger partial charge is 0.257 e. The molecule has 2 rings (SSSR count). The molecule has 1 aliphatic heterocycles. The van der Waals surface area contributed by atoms with Gasteiger partial charge in [-0.2, -0.15) is 0 Å². The summed E-state index contributed by atoms with van der Waals surface area (Å²) < 4.78 is 39.6. The summed E-state index contributed by atoms with van der Waals surface area (Å²) in [6.45, 7) is 3.14. The van der Waals surface area contributed by atoms with Gasteiger partial charge in [0.1, 0.15) is 0 Å². The largest absolute Gasteiger partial charge is 0.336 e. The van der Waals surface area contributed by atoms with E-state index in [0.717, 1.165) is 24.0 Å². The maximum absolute atomic E-state index is 13.6. The van der Waals surface area contributed by atoms with Gasteiger partial charge in [0.25, 0.3) is 5.91 Å². The van der Waals surface area contributed by atoms with Gasteiger partial charge >= 0.3 is 0 Å². The molecule has 0 spiro atoms. The molecule has 0 radical (unpaired) electrons. The standard InChI is InChI=1S/C13H14BrF3N2O/c14-3-4-18-5-7-19(8-6-18)13(20)9-1-2-10(15)12(17)11(9)16/h1-2H,3-8H2. The number of rotatable bonds is 3. The van der Waals surface area contributed by atoms with Crippen molar-refractivity contribution in [3.8, 4) is 0 Å². The van der Waals surface area contributed by atoms with Crippen molar-refractivity contribution in [2.24, 2.45) is 0 Å². The van der Waals surface area contributed by atoms with Crippen LogP contribution in [0.15, 0.2) is 12.1 Å². The summed E-state index contributed by atoms with van der Waals surface area (Å²) in [5, 5.41) is 0.846. The first-order valence-corrected chi connectivity index (χ1v) is 7.38. The summed E-state index contributed by atoms with van der Waals surface area (Å²) in [6.07, 6.45) is 0. The second-order valence-electron chi connectivity index (χ2n) is 4.55. The van der Waals surface area contributed by atoms with Crippen LogP contribution in [0.1, 0.15) is 10.4 Å². The van der Waals surface area contributed by atoms with Gasteiger partial charge in [0.05, 0.1) is 5.56 Å². The number of hydrogen-bond donors (Lipinski definition) is 0. The molecule has 1 aromatic carbocycles. The zero-order valence-corrected chi connectivity index (χ0v) is 12.3. The van der Waals surface area contributed by atoms with Crippen LogP contribution in [0.3, 0.4) is 0 Å². The minimum Gasteiger partial charge on any atom is -0.336 e. The fraction of sp³-hybridized carbons (Fsp3) is 0.462. The Morgan fingerprint density at radius 3 is 2.35 bits per heavy atom. The Morgan fingerprint density at radius 2 is 1.75 bits per heavy atom. The third kappa shape index (κ3) is 3.15. The molecule has 0 N–H and O–H groups in total. The van der Waals surface area contributed by atoms with Gasteiger partial charge in [0.2, 0.25) is 0 Å². The van der Waals surface area contributed by atoms with Gasteiger partial charge in [0.15, 0.2) is 17.5 Å². The third-order valence-corrected chi connectivity index (χ3v) is 3.68. The van der Waals surface area contributed by atoms with Crippen LogP contribution < -0.4 is 0 Å². The Kier molecular flexibility index (Phi) is 5.04. The monoisotopic (exact) mass is 350 g/mol. The molecular weight excluding hydrogens is 337 g/mol. The Labute approximate surface area is 123 Å². The molecule has 0 aliphatic carbocycles. The van der Waals surface area contributed by atoms with E-state index >= 15 is 0 Å². The molecule has 7 heteroatoms. The predicted molar refractivity (Wildman–Crippen MR) is 72.5 cm³/mol. The highest BCUT2D eigenvalue weighted by Crippen LogP contribution is 2.17. The molecule has 1 aliphatic rings. The van der Waals surface area contributed by atoms with Gasteiger partial charge in [-0.05, 0) is 12.1 Å². The van der Waals surface area contributed by atoms with E-state index in [1.54, 1.807) is 0 Å². The van der Waals surface area contributed by atoms with E-state index in [4.69, 9.17) is 0 Å². The van der Waals surface area contributed by atoms with E-state index in [1.165, 1.54) is 4.90 Å². The lowest BCUT2D eigenvalue weighted by molar-refractivity contribution is 0.0639. The molecule has 0 unspecified atom stereocenters. The number of hydrogen-bond acceptors (Lipinski definition) is 2. The zero-order chi connectivity index (χ0) is 14.7. The summed E-state index contributed by atoms with van der Waals surface area (Å²) in [7, 11) is 0. The lowest BCUT2D eigenvalue weighted by Gasteiger charge is -2.34. The van der Waals surface area contributed by atoms with Crippen molar-refractivity contribution in [2.75, 3.05) is 38.1 Å². The first-order chi connectivity index (χ1) is 9.54. The van der Waals surface area contributed by atoms with Crippen molar-refractivity contribution in [3.63, 3.8) is 0 Å². The van der Waals surface area contributed by atoms with Gasteiger partial charge in [-0.15, -0.1) is 0 Å². The highest BCUT2D eigenvalue weighted by molar-refractivity contribution is 9.09. The van der Waals surface area contributed by atoms with Crippen molar-refractivity contribution in [1.82, 2.24) is 9.80 Å². The van der Waals surface area contributed by atoms with E-state index < -0.39 is 28.9 Å². The molecule has 1 amide bonds. The van der Waals surface area contributed by atoms with Crippen molar-refractivity contribution in [2.45, 2.75) is 0 Å². The first-order valence-electron chi connectivity index (χ1n) is 6.25. The molecule has 110 valence electrons. The van der Waals surface area contributed by atoms with Gasteiger partial charge in [-0.25, -0.2) is 13.2 Å². The number of carbonyl (C=O) groups is 1. The fourth-order valence-electron chi connectivity index (χ4n) is 2.16. The van der Waals surface area contributed by atoms with Crippen LogP contribution in [0.25, 0.3) is 0 Å². The summed E-state index contributed by atoms with van der Waals surface area (Å²) >= 11 is 3.34. The average Bonchev–Trinajstić information content (AvgIpc) is 2.45. The number of nitrogens with zero attached hydrogens (tertiary/aromatic N) is 2. The average molecular weight is 351 g/mol. The van der Waals surface area contributed by atoms with Crippen LogP contribution in [0, 0.1) is 17.5 Å². The predicted octanol–water partition coefficient (Wildman–Crippen LogP) is 2.26. The van der Waals surface area contributed by atoms with E-state index in [-0.39, 0.29) is 0 Å². The molecule has 1 fully saturated rings. The molecule has 20 heavy (non-hydrogen) atoms. The number of amides is 1. The summed E-state index contributed by atoms with van der Waals surface area (Å²) in [4.78, 5) is 15.7. The van der Waals surface area contributed by atoms with Gasteiger partial charge < -0.3 is 4.90 Å². The maximum atomic E-state index is 13.6. The molecule has 1 saturated heterocycles. The van der Waals surface area contributed by atoms with Gasteiger partial charge in [0, 0.05) is 38.1 Å². The second kappa shape index (κ2) is 6.58. The molecule has 0 atom stereocenters. The van der Waals surface area contributed by atoms with E-state index in [0.29, 0.717) is 26.2 Å². The summed E-state index contributed by atoms with van der Waals surface area (Å²) in [5.74, 6) is -4.91. The van der Waals surface area contributed by atoms with Crippen molar-refractivity contribution in [1.29, 1.82) is 0 Å². The molecule has 1 aromatic rings. The molecule has 0 bridgehead atoms. The first kappa shape index (κ1) is 15.3. The van der Waals surface area contributed by atoms with E-state index in [9.17, 15) is 18.0 Å². The minimum absolute atomic E-state index is 0.419. The summed E-state index contributed by atoms with van der Waals surface area (Å²) in [6, 6.07) is 1.76. The number of halogens is 4. The normalized spacial score (nSPS) is 16.5. The van der Waals surface area contributed by atoms with Crippen LogP contribution >= 0.6 is 15.9 Å². The Hall–Kier alpha value is -1.08. The molecular formula is C13H14BrF3N2O. The van der Waals surface area contributed by atoms with Crippen molar-refractivity contribution < 1.29 is 18.0 Å². The van der Waals surface area contributed by atoms with Gasteiger partial charge in [-0.1, -0.05) is 15.9 Å². The van der Waals surface area contributed by atoms with Crippen LogP contribution in [0.4, 0.5) is 13.2 Å². The number of carbonyl (C=O) groups excluding carboxylic acids is 1. The molecule has 3 nitrogen and oxygen atoms in total. The van der Waals surface area contributed by atoms with E-state index in [2.05, 4.69) is 20.8 Å². The maximum Gasteiger partial charge on any atom is 0.257 e. The lowest BCUT2D eigenvalue weighted by Crippen LogP contribution is -2.49. The van der Waals surface area contributed by atoms with Crippen molar-refractivity contribution in [3.05, 3.63) is 35.1 Å².